The number of hydrogen-bond donors (Lipinski definition) is 2. The lowest BCUT2D eigenvalue weighted by Crippen LogP contribution is -2.23. The summed E-state index contributed by atoms with van der Waals surface area (Å²) in [5.41, 5.74) is 2.90. The molecule has 1 aromatic heterocycles. The van der Waals surface area contributed by atoms with E-state index in [4.69, 9.17) is 16.3 Å². The molecule has 0 atom stereocenters. The number of benzene rings is 2. The summed E-state index contributed by atoms with van der Waals surface area (Å²) in [7, 11) is 1.63. The van der Waals surface area contributed by atoms with E-state index in [9.17, 15) is 4.79 Å². The van der Waals surface area contributed by atoms with Crippen LogP contribution in [0.4, 0.5) is 11.4 Å². The van der Waals surface area contributed by atoms with Crippen LogP contribution in [0.1, 0.15) is 16.1 Å². The van der Waals surface area contributed by atoms with Gasteiger partial charge in [-0.25, -0.2) is 4.98 Å². The van der Waals surface area contributed by atoms with Crippen LogP contribution in [0.5, 0.6) is 5.75 Å². The quantitative estimate of drug-likeness (QED) is 0.677. The van der Waals surface area contributed by atoms with Crippen molar-refractivity contribution in [3.63, 3.8) is 0 Å². The maximum Gasteiger partial charge on any atom is 0.270 e. The number of nitrogens with zero attached hydrogens (tertiary/aromatic N) is 1. The Morgan fingerprint density at radius 2 is 1.77 bits per heavy atom. The third-order valence-electron chi connectivity index (χ3n) is 3.77. The van der Waals surface area contributed by atoms with Gasteiger partial charge in [-0.05, 0) is 48.0 Å². The molecule has 2 N–H and O–H groups in total. The monoisotopic (exact) mass is 367 g/mol. The van der Waals surface area contributed by atoms with Gasteiger partial charge in [0.1, 0.15) is 11.4 Å². The molecule has 26 heavy (non-hydrogen) atoms. The van der Waals surface area contributed by atoms with E-state index in [0.717, 1.165) is 22.7 Å². The van der Waals surface area contributed by atoms with Gasteiger partial charge in [0.05, 0.1) is 19.0 Å². The van der Waals surface area contributed by atoms with Crippen molar-refractivity contribution < 1.29 is 9.53 Å². The van der Waals surface area contributed by atoms with E-state index in [-0.39, 0.29) is 5.91 Å². The Morgan fingerprint density at radius 3 is 2.42 bits per heavy atom. The third kappa shape index (κ3) is 4.52. The van der Waals surface area contributed by atoms with Crippen molar-refractivity contribution in [3.05, 3.63) is 83.1 Å². The van der Waals surface area contributed by atoms with Gasteiger partial charge in [0.2, 0.25) is 0 Å². The Balaban J connectivity index is 1.59. The number of aromatic nitrogens is 1. The molecule has 1 amide bonds. The topological polar surface area (TPSA) is 63.2 Å². The number of methoxy groups -OCH3 is 1. The fraction of sp³-hybridized carbons (Fsp3) is 0.100. The van der Waals surface area contributed by atoms with Crippen LogP contribution in [0.3, 0.4) is 0 Å². The summed E-state index contributed by atoms with van der Waals surface area (Å²) in [4.78, 5) is 16.4. The zero-order valence-corrected chi connectivity index (χ0v) is 15.0. The fourth-order valence-corrected chi connectivity index (χ4v) is 2.55. The highest BCUT2D eigenvalue weighted by Gasteiger charge is 2.08. The molecular formula is C20H18ClN3O2. The fourth-order valence-electron chi connectivity index (χ4n) is 2.35. The molecule has 6 heteroatoms. The first-order valence-corrected chi connectivity index (χ1v) is 8.42. The molecule has 0 aliphatic heterocycles. The Kier molecular flexibility index (Phi) is 5.71. The molecule has 0 spiro atoms. The minimum absolute atomic E-state index is 0.249. The summed E-state index contributed by atoms with van der Waals surface area (Å²) in [6.07, 6.45) is 1.62. The van der Waals surface area contributed by atoms with Gasteiger partial charge in [-0.2, -0.15) is 0 Å². The SMILES string of the molecule is COc1ccc(Nc2ccc(C(=O)NCc3ccccc3Cl)nc2)cc1. The Bertz CT molecular complexity index is 880. The predicted octanol–water partition coefficient (Wildman–Crippen LogP) is 4.42. The van der Waals surface area contributed by atoms with Gasteiger partial charge in [0, 0.05) is 17.3 Å². The standard InChI is InChI=1S/C20H18ClN3O2/c1-26-17-9-6-15(7-10-17)24-16-8-11-19(22-13-16)20(25)23-12-14-4-2-3-5-18(14)21/h2-11,13,24H,12H2,1H3,(H,23,25). The average molecular weight is 368 g/mol. The van der Waals surface area contributed by atoms with Crippen LogP contribution in [0.15, 0.2) is 66.9 Å². The molecule has 0 aliphatic rings. The number of anilines is 2. The van der Waals surface area contributed by atoms with Gasteiger partial charge in [-0.1, -0.05) is 29.8 Å². The first kappa shape index (κ1) is 17.8. The lowest BCUT2D eigenvalue weighted by Gasteiger charge is -2.09. The molecule has 0 radical (unpaired) electrons. The summed E-state index contributed by atoms with van der Waals surface area (Å²) in [5, 5.41) is 6.66. The van der Waals surface area contributed by atoms with Crippen LogP contribution in [0.2, 0.25) is 5.02 Å². The Morgan fingerprint density at radius 1 is 1.04 bits per heavy atom. The zero-order valence-electron chi connectivity index (χ0n) is 14.2. The van der Waals surface area contributed by atoms with E-state index in [1.807, 2.05) is 48.5 Å². The second-order valence-electron chi connectivity index (χ2n) is 5.56. The number of carbonyl (C=O) groups is 1. The van der Waals surface area contributed by atoms with Crippen molar-refractivity contribution in [3.8, 4) is 5.75 Å². The van der Waals surface area contributed by atoms with Gasteiger partial charge in [0.15, 0.2) is 0 Å². The van der Waals surface area contributed by atoms with Gasteiger partial charge >= 0.3 is 0 Å². The van der Waals surface area contributed by atoms with E-state index in [0.29, 0.717) is 17.3 Å². The van der Waals surface area contributed by atoms with Crippen molar-refractivity contribution in [1.82, 2.24) is 10.3 Å². The zero-order chi connectivity index (χ0) is 18.4. The van der Waals surface area contributed by atoms with E-state index in [2.05, 4.69) is 15.6 Å². The number of carbonyl (C=O) groups excluding carboxylic acids is 1. The molecule has 132 valence electrons. The van der Waals surface area contributed by atoms with Crippen LogP contribution in [-0.2, 0) is 6.54 Å². The van der Waals surface area contributed by atoms with Gasteiger partial charge < -0.3 is 15.4 Å². The van der Waals surface area contributed by atoms with E-state index in [1.165, 1.54) is 0 Å². The molecular weight excluding hydrogens is 350 g/mol. The van der Waals surface area contributed by atoms with Crippen LogP contribution >= 0.6 is 11.6 Å². The molecule has 3 rings (SSSR count). The molecule has 0 fully saturated rings. The van der Waals surface area contributed by atoms with E-state index < -0.39 is 0 Å². The molecule has 0 saturated carbocycles. The minimum atomic E-state index is -0.249. The summed E-state index contributed by atoms with van der Waals surface area (Å²) in [6, 6.07) is 18.4. The van der Waals surface area contributed by atoms with Crippen LogP contribution in [0, 0.1) is 0 Å². The maximum absolute atomic E-state index is 12.2. The highest BCUT2D eigenvalue weighted by atomic mass is 35.5. The molecule has 0 bridgehead atoms. The molecule has 2 aromatic carbocycles. The number of halogens is 1. The van der Waals surface area contributed by atoms with Crippen molar-refractivity contribution in [2.75, 3.05) is 12.4 Å². The maximum atomic E-state index is 12.2. The average Bonchev–Trinajstić information content (AvgIpc) is 2.68. The van der Waals surface area contributed by atoms with Crippen LogP contribution < -0.4 is 15.4 Å². The molecule has 3 aromatic rings. The molecule has 1 heterocycles. The Hall–Kier alpha value is -3.05. The highest BCUT2D eigenvalue weighted by Crippen LogP contribution is 2.19. The van der Waals surface area contributed by atoms with Crippen molar-refractivity contribution in [2.24, 2.45) is 0 Å². The smallest absolute Gasteiger partial charge is 0.270 e. The summed E-state index contributed by atoms with van der Waals surface area (Å²) in [5.74, 6) is 0.542. The number of pyridine rings is 1. The molecule has 0 saturated heterocycles. The first-order valence-electron chi connectivity index (χ1n) is 8.04. The van der Waals surface area contributed by atoms with Crippen molar-refractivity contribution in [2.45, 2.75) is 6.54 Å². The Labute approximate surface area is 157 Å². The molecule has 0 aliphatic carbocycles. The summed E-state index contributed by atoms with van der Waals surface area (Å²) >= 11 is 6.09. The normalized spacial score (nSPS) is 10.2. The van der Waals surface area contributed by atoms with Crippen molar-refractivity contribution in [1.29, 1.82) is 0 Å². The number of hydrogen-bond acceptors (Lipinski definition) is 4. The van der Waals surface area contributed by atoms with Gasteiger partial charge in [-0.3, -0.25) is 4.79 Å². The lowest BCUT2D eigenvalue weighted by atomic mass is 10.2. The largest absolute Gasteiger partial charge is 0.497 e. The van der Waals surface area contributed by atoms with Crippen molar-refractivity contribution >= 4 is 28.9 Å². The van der Waals surface area contributed by atoms with Gasteiger partial charge in [-0.15, -0.1) is 0 Å². The molecule has 5 nitrogen and oxygen atoms in total. The van der Waals surface area contributed by atoms with E-state index >= 15 is 0 Å². The molecule has 0 unspecified atom stereocenters. The van der Waals surface area contributed by atoms with Crippen LogP contribution in [-0.4, -0.2) is 18.0 Å². The second-order valence-corrected chi connectivity index (χ2v) is 5.97. The number of amides is 1. The third-order valence-corrected chi connectivity index (χ3v) is 4.14. The first-order chi connectivity index (χ1) is 12.7. The summed E-state index contributed by atoms with van der Waals surface area (Å²) in [6.45, 7) is 0.353. The van der Waals surface area contributed by atoms with E-state index in [1.54, 1.807) is 25.4 Å². The summed E-state index contributed by atoms with van der Waals surface area (Å²) < 4.78 is 5.13. The second kappa shape index (κ2) is 8.36. The van der Waals surface area contributed by atoms with Crippen LogP contribution in [0.25, 0.3) is 0 Å². The minimum Gasteiger partial charge on any atom is -0.497 e. The lowest BCUT2D eigenvalue weighted by molar-refractivity contribution is 0.0946. The number of rotatable bonds is 6. The van der Waals surface area contributed by atoms with Gasteiger partial charge in [0.25, 0.3) is 5.91 Å². The predicted molar refractivity (Wildman–Crippen MR) is 103 cm³/mol. The number of ether oxygens (including phenoxy) is 1. The number of nitrogens with one attached hydrogen (secondary N) is 2. The highest BCUT2D eigenvalue weighted by molar-refractivity contribution is 6.31.